The third kappa shape index (κ3) is 1.22. The second kappa shape index (κ2) is 2.58. The molecular weight excluding hydrogens is 166 g/mol. The first-order valence-corrected chi connectivity index (χ1v) is 4.42. The van der Waals surface area contributed by atoms with Crippen molar-refractivity contribution in [3.8, 4) is 0 Å². The monoisotopic (exact) mass is 179 g/mol. The van der Waals surface area contributed by atoms with Crippen LogP contribution in [0.2, 0.25) is 0 Å². The SMILES string of the molecule is CC1(C)CCN1C(=O)c1cn[nH]c1. The van der Waals surface area contributed by atoms with Crippen LogP contribution in [-0.4, -0.2) is 33.1 Å². The molecule has 1 aromatic heterocycles. The van der Waals surface area contributed by atoms with Crippen LogP contribution < -0.4 is 0 Å². The highest BCUT2D eigenvalue weighted by atomic mass is 16.2. The van der Waals surface area contributed by atoms with Gasteiger partial charge in [-0.3, -0.25) is 9.89 Å². The number of aromatic amines is 1. The van der Waals surface area contributed by atoms with Crippen molar-refractivity contribution in [2.24, 2.45) is 0 Å². The molecule has 1 fully saturated rings. The molecule has 1 N–H and O–H groups in total. The number of carbonyl (C=O) groups is 1. The Labute approximate surface area is 76.9 Å². The summed E-state index contributed by atoms with van der Waals surface area (Å²) in [7, 11) is 0. The van der Waals surface area contributed by atoms with Crippen LogP contribution in [0.3, 0.4) is 0 Å². The number of nitrogens with one attached hydrogen (secondary N) is 1. The molecule has 70 valence electrons. The van der Waals surface area contributed by atoms with Gasteiger partial charge in [-0.25, -0.2) is 0 Å². The van der Waals surface area contributed by atoms with Gasteiger partial charge in [0.05, 0.1) is 11.8 Å². The van der Waals surface area contributed by atoms with Crippen molar-refractivity contribution in [1.29, 1.82) is 0 Å². The Morgan fingerprint density at radius 2 is 2.46 bits per heavy atom. The Hall–Kier alpha value is -1.32. The topological polar surface area (TPSA) is 49.0 Å². The van der Waals surface area contributed by atoms with E-state index in [-0.39, 0.29) is 11.4 Å². The zero-order chi connectivity index (χ0) is 9.47. The van der Waals surface area contributed by atoms with Gasteiger partial charge in [0.25, 0.3) is 5.91 Å². The fraction of sp³-hybridized carbons (Fsp3) is 0.556. The molecule has 0 aromatic carbocycles. The molecule has 0 aliphatic carbocycles. The number of hydrogen-bond donors (Lipinski definition) is 1. The third-order valence-corrected chi connectivity index (χ3v) is 2.67. The predicted molar refractivity (Wildman–Crippen MR) is 48.3 cm³/mol. The first-order chi connectivity index (χ1) is 6.11. The lowest BCUT2D eigenvalue weighted by Gasteiger charge is -2.48. The summed E-state index contributed by atoms with van der Waals surface area (Å²) in [5, 5.41) is 6.40. The van der Waals surface area contributed by atoms with E-state index in [1.807, 2.05) is 4.90 Å². The quantitative estimate of drug-likeness (QED) is 0.700. The lowest BCUT2D eigenvalue weighted by molar-refractivity contribution is 0.0158. The molecule has 4 heteroatoms. The maximum Gasteiger partial charge on any atom is 0.257 e. The van der Waals surface area contributed by atoms with Crippen LogP contribution in [0.15, 0.2) is 12.4 Å². The Morgan fingerprint density at radius 1 is 1.69 bits per heavy atom. The van der Waals surface area contributed by atoms with Crippen LogP contribution in [0.1, 0.15) is 30.6 Å². The van der Waals surface area contributed by atoms with Gasteiger partial charge >= 0.3 is 0 Å². The molecule has 1 aliphatic heterocycles. The van der Waals surface area contributed by atoms with E-state index in [4.69, 9.17) is 0 Å². The molecular formula is C9H13N3O. The van der Waals surface area contributed by atoms with Crippen LogP contribution in [0.5, 0.6) is 0 Å². The number of H-pyrrole nitrogens is 1. The highest BCUT2D eigenvalue weighted by Gasteiger charge is 2.39. The van der Waals surface area contributed by atoms with E-state index in [9.17, 15) is 4.79 Å². The molecule has 0 atom stereocenters. The van der Waals surface area contributed by atoms with Gasteiger partial charge in [-0.2, -0.15) is 5.10 Å². The Bertz CT molecular complexity index is 316. The normalized spacial score (nSPS) is 19.7. The van der Waals surface area contributed by atoms with Crippen LogP contribution in [0, 0.1) is 0 Å². The molecule has 13 heavy (non-hydrogen) atoms. The molecule has 1 aromatic rings. The second-order valence-electron chi connectivity index (χ2n) is 4.01. The Morgan fingerprint density at radius 3 is 2.85 bits per heavy atom. The minimum absolute atomic E-state index is 0.0222. The maximum absolute atomic E-state index is 11.8. The highest BCUT2D eigenvalue weighted by molar-refractivity contribution is 5.94. The molecule has 0 bridgehead atoms. The molecule has 1 amide bonds. The summed E-state index contributed by atoms with van der Waals surface area (Å²) >= 11 is 0. The van der Waals surface area contributed by atoms with Gasteiger partial charge in [-0.15, -0.1) is 0 Å². The van der Waals surface area contributed by atoms with Crippen molar-refractivity contribution < 1.29 is 4.79 Å². The second-order valence-corrected chi connectivity index (χ2v) is 4.01. The third-order valence-electron chi connectivity index (χ3n) is 2.67. The molecule has 1 saturated heterocycles. The van der Waals surface area contributed by atoms with Crippen LogP contribution in [0.25, 0.3) is 0 Å². The standard InChI is InChI=1S/C9H13N3O/c1-9(2)3-4-12(9)8(13)7-5-10-11-6-7/h5-6H,3-4H2,1-2H3,(H,10,11). The zero-order valence-corrected chi connectivity index (χ0v) is 7.87. The number of hydrogen-bond acceptors (Lipinski definition) is 2. The first-order valence-electron chi connectivity index (χ1n) is 4.42. The number of amides is 1. The van der Waals surface area contributed by atoms with Gasteiger partial charge in [0.1, 0.15) is 0 Å². The fourth-order valence-corrected chi connectivity index (χ4v) is 1.57. The van der Waals surface area contributed by atoms with Crippen LogP contribution in [-0.2, 0) is 0 Å². The summed E-state index contributed by atoms with van der Waals surface area (Å²) < 4.78 is 0. The molecule has 0 unspecified atom stereocenters. The number of rotatable bonds is 1. The van der Waals surface area contributed by atoms with E-state index in [2.05, 4.69) is 24.0 Å². The lowest BCUT2D eigenvalue weighted by Crippen LogP contribution is -2.58. The minimum atomic E-state index is 0.0222. The summed E-state index contributed by atoms with van der Waals surface area (Å²) in [6.45, 7) is 5.01. The van der Waals surface area contributed by atoms with Crippen molar-refractivity contribution in [3.63, 3.8) is 0 Å². The van der Waals surface area contributed by atoms with Crippen molar-refractivity contribution in [2.45, 2.75) is 25.8 Å². The number of carbonyl (C=O) groups excluding carboxylic acids is 1. The lowest BCUT2D eigenvalue weighted by atomic mass is 9.88. The molecule has 0 spiro atoms. The smallest absolute Gasteiger partial charge is 0.257 e. The van der Waals surface area contributed by atoms with Crippen molar-refractivity contribution in [1.82, 2.24) is 15.1 Å². The maximum atomic E-state index is 11.8. The predicted octanol–water partition coefficient (Wildman–Crippen LogP) is 1.03. The summed E-state index contributed by atoms with van der Waals surface area (Å²) in [6, 6.07) is 0. The van der Waals surface area contributed by atoms with Crippen LogP contribution in [0.4, 0.5) is 0 Å². The molecule has 2 rings (SSSR count). The van der Waals surface area contributed by atoms with Gasteiger partial charge in [-0.1, -0.05) is 0 Å². The number of aromatic nitrogens is 2. The van der Waals surface area contributed by atoms with E-state index in [1.165, 1.54) is 0 Å². The minimum Gasteiger partial charge on any atom is -0.333 e. The molecule has 4 nitrogen and oxygen atoms in total. The van der Waals surface area contributed by atoms with E-state index in [1.54, 1.807) is 12.4 Å². The van der Waals surface area contributed by atoms with E-state index in [0.717, 1.165) is 13.0 Å². The van der Waals surface area contributed by atoms with Gasteiger partial charge in [0, 0.05) is 18.3 Å². The Balaban J connectivity index is 2.15. The van der Waals surface area contributed by atoms with Gasteiger partial charge in [0.2, 0.25) is 0 Å². The van der Waals surface area contributed by atoms with Crippen molar-refractivity contribution in [2.75, 3.05) is 6.54 Å². The summed E-state index contributed by atoms with van der Waals surface area (Å²) in [4.78, 5) is 13.6. The molecule has 2 heterocycles. The number of likely N-dealkylation sites (tertiary alicyclic amines) is 1. The molecule has 0 radical (unpaired) electrons. The Kier molecular flexibility index (Phi) is 1.65. The highest BCUT2D eigenvalue weighted by Crippen LogP contribution is 2.30. The van der Waals surface area contributed by atoms with Gasteiger partial charge < -0.3 is 4.90 Å². The largest absolute Gasteiger partial charge is 0.333 e. The summed E-state index contributed by atoms with van der Waals surface area (Å²) in [5.74, 6) is 0.0741. The van der Waals surface area contributed by atoms with Gasteiger partial charge in [0.15, 0.2) is 0 Å². The zero-order valence-electron chi connectivity index (χ0n) is 7.87. The van der Waals surface area contributed by atoms with E-state index in [0.29, 0.717) is 5.56 Å². The molecule has 1 aliphatic rings. The fourth-order valence-electron chi connectivity index (χ4n) is 1.57. The van der Waals surface area contributed by atoms with E-state index >= 15 is 0 Å². The number of nitrogens with zero attached hydrogens (tertiary/aromatic N) is 2. The summed E-state index contributed by atoms with van der Waals surface area (Å²) in [6.07, 6.45) is 4.28. The van der Waals surface area contributed by atoms with Gasteiger partial charge in [-0.05, 0) is 20.3 Å². The molecule has 0 saturated carbocycles. The average Bonchev–Trinajstić information content (AvgIpc) is 2.54. The average molecular weight is 179 g/mol. The summed E-state index contributed by atoms with van der Waals surface area (Å²) in [5.41, 5.74) is 0.668. The van der Waals surface area contributed by atoms with Crippen molar-refractivity contribution in [3.05, 3.63) is 18.0 Å². The van der Waals surface area contributed by atoms with Crippen LogP contribution >= 0.6 is 0 Å². The van der Waals surface area contributed by atoms with E-state index < -0.39 is 0 Å². The van der Waals surface area contributed by atoms with Crippen molar-refractivity contribution >= 4 is 5.91 Å². The first kappa shape index (κ1) is 8.29.